The molecule has 4 rings (SSSR count). The van der Waals surface area contributed by atoms with E-state index in [9.17, 15) is 4.79 Å². The number of unbranched alkanes of at least 4 members (excludes halogenated alkanes) is 1. The summed E-state index contributed by atoms with van der Waals surface area (Å²) in [6.45, 7) is 0. The minimum absolute atomic E-state index is 0.453. The molecule has 1 aliphatic rings. The molecule has 0 bridgehead atoms. The number of fused-ring (bicyclic) bond motifs is 3. The van der Waals surface area contributed by atoms with Gasteiger partial charge in [-0.25, -0.2) is 0 Å². The second-order valence-electron chi connectivity index (χ2n) is 7.58. The summed E-state index contributed by atoms with van der Waals surface area (Å²) in [7, 11) is 0. The summed E-state index contributed by atoms with van der Waals surface area (Å²) >= 11 is 1.50. The third kappa shape index (κ3) is 4.47. The van der Waals surface area contributed by atoms with Crippen LogP contribution in [0.2, 0.25) is 0 Å². The predicted octanol–water partition coefficient (Wildman–Crippen LogP) is 5.40. The van der Waals surface area contributed by atoms with E-state index in [1.165, 1.54) is 22.9 Å². The molecule has 0 amide bonds. The van der Waals surface area contributed by atoms with E-state index >= 15 is 0 Å². The van der Waals surface area contributed by atoms with Crippen LogP contribution in [0.3, 0.4) is 0 Å². The van der Waals surface area contributed by atoms with Gasteiger partial charge in [0, 0.05) is 5.75 Å². The zero-order valence-corrected chi connectivity index (χ0v) is 18.1. The number of nitrogens with zero attached hydrogens (tertiary/aromatic N) is 2. The summed E-state index contributed by atoms with van der Waals surface area (Å²) in [6, 6.07) is 26.3. The molecule has 4 nitrogen and oxygen atoms in total. The van der Waals surface area contributed by atoms with Crippen molar-refractivity contribution in [3.8, 4) is 11.1 Å². The maximum absolute atomic E-state index is 12.4. The van der Waals surface area contributed by atoms with Crippen LogP contribution in [0.4, 0.5) is 0 Å². The molecule has 5 heteroatoms. The first-order valence-corrected chi connectivity index (χ1v) is 11.4. The molecule has 0 saturated heterocycles. The van der Waals surface area contributed by atoms with Crippen LogP contribution >= 0.6 is 11.8 Å². The standard InChI is InChI=1S/C26H25N3OS/c27-25(29-28-18-20-10-2-1-3-11-20)31-17-9-8-16-26(19-30)23-14-6-4-12-21(23)22-13-5-7-15-24(22)26/h1-7,10-15,18-19H,8-9,16-17H2,(H2,27,29)/b28-18+. The van der Waals surface area contributed by atoms with Crippen molar-refractivity contribution in [2.45, 2.75) is 24.7 Å². The Morgan fingerprint density at radius 3 is 2.13 bits per heavy atom. The van der Waals surface area contributed by atoms with Gasteiger partial charge in [0.15, 0.2) is 5.17 Å². The lowest BCUT2D eigenvalue weighted by Gasteiger charge is -2.25. The fourth-order valence-corrected chi connectivity index (χ4v) is 4.88. The SMILES string of the molecule is N/C(=N\N=C\c1ccccc1)SCCCCC1(C=O)c2ccccc2-c2ccccc21. The summed E-state index contributed by atoms with van der Waals surface area (Å²) < 4.78 is 0. The number of hydrogen-bond acceptors (Lipinski definition) is 4. The maximum Gasteiger partial charge on any atom is 0.180 e. The highest BCUT2D eigenvalue weighted by Gasteiger charge is 2.42. The minimum atomic E-state index is -0.558. The Bertz CT molecular complexity index is 1060. The number of hydrogen-bond donors (Lipinski definition) is 1. The number of benzene rings is 3. The summed E-state index contributed by atoms with van der Waals surface area (Å²) in [6.07, 6.45) is 5.49. The van der Waals surface area contributed by atoms with E-state index in [2.05, 4.69) is 34.5 Å². The minimum Gasteiger partial charge on any atom is -0.377 e. The van der Waals surface area contributed by atoms with E-state index in [0.29, 0.717) is 5.17 Å². The average molecular weight is 428 g/mol. The topological polar surface area (TPSA) is 67.8 Å². The Hall–Kier alpha value is -3.18. The molecular formula is C26H25N3OS. The molecule has 2 N–H and O–H groups in total. The van der Waals surface area contributed by atoms with Crippen LogP contribution in [0.5, 0.6) is 0 Å². The molecule has 1 aliphatic carbocycles. The summed E-state index contributed by atoms with van der Waals surface area (Å²) in [5.41, 5.74) is 11.0. The van der Waals surface area contributed by atoms with E-state index in [1.54, 1.807) is 6.21 Å². The van der Waals surface area contributed by atoms with Gasteiger partial charge in [0.1, 0.15) is 6.29 Å². The maximum atomic E-state index is 12.4. The molecule has 0 unspecified atom stereocenters. The van der Waals surface area contributed by atoms with E-state index in [-0.39, 0.29) is 0 Å². The van der Waals surface area contributed by atoms with Gasteiger partial charge < -0.3 is 10.5 Å². The molecule has 0 aromatic heterocycles. The monoisotopic (exact) mass is 427 g/mol. The normalized spacial score (nSPS) is 14.4. The molecule has 0 fully saturated rings. The molecule has 156 valence electrons. The Kier molecular flexibility index (Phi) is 6.63. The number of rotatable bonds is 8. The van der Waals surface area contributed by atoms with Gasteiger partial charge in [-0.05, 0) is 40.7 Å². The first kappa shape index (κ1) is 21.1. The van der Waals surface area contributed by atoms with Gasteiger partial charge in [0.25, 0.3) is 0 Å². The first-order valence-electron chi connectivity index (χ1n) is 10.4. The molecule has 0 aliphatic heterocycles. The van der Waals surface area contributed by atoms with Gasteiger partial charge >= 0.3 is 0 Å². The third-order valence-corrected chi connectivity index (χ3v) is 6.56. The molecule has 3 aromatic carbocycles. The second kappa shape index (κ2) is 9.75. The van der Waals surface area contributed by atoms with Crippen molar-refractivity contribution in [3.63, 3.8) is 0 Å². The lowest BCUT2D eigenvalue weighted by atomic mass is 9.75. The number of carbonyl (C=O) groups excluding carboxylic acids is 1. The Balaban J connectivity index is 1.34. The van der Waals surface area contributed by atoms with Gasteiger partial charge in [0.2, 0.25) is 0 Å². The lowest BCUT2D eigenvalue weighted by molar-refractivity contribution is -0.111. The van der Waals surface area contributed by atoms with Crippen molar-refractivity contribution >= 4 is 29.4 Å². The highest BCUT2D eigenvalue weighted by molar-refractivity contribution is 8.13. The zero-order valence-electron chi connectivity index (χ0n) is 17.3. The van der Waals surface area contributed by atoms with E-state index in [1.807, 2.05) is 54.6 Å². The predicted molar refractivity (Wildman–Crippen MR) is 131 cm³/mol. The van der Waals surface area contributed by atoms with Crippen LogP contribution in [0, 0.1) is 0 Å². The lowest BCUT2D eigenvalue weighted by Crippen LogP contribution is -2.27. The van der Waals surface area contributed by atoms with E-state index in [0.717, 1.165) is 48.0 Å². The smallest absolute Gasteiger partial charge is 0.180 e. The number of carbonyl (C=O) groups is 1. The third-order valence-electron chi connectivity index (χ3n) is 5.68. The number of nitrogens with two attached hydrogens (primary N) is 1. The molecule has 3 aromatic rings. The van der Waals surface area contributed by atoms with Crippen molar-refractivity contribution in [2.24, 2.45) is 15.9 Å². The number of thioether (sulfide) groups is 1. The Labute approximate surface area is 187 Å². The van der Waals surface area contributed by atoms with Gasteiger partial charge in [-0.1, -0.05) is 97.0 Å². The molecule has 0 radical (unpaired) electrons. The van der Waals surface area contributed by atoms with E-state index < -0.39 is 5.41 Å². The molecule has 0 spiro atoms. The Morgan fingerprint density at radius 1 is 0.871 bits per heavy atom. The quantitative estimate of drug-likeness (QED) is 0.172. The van der Waals surface area contributed by atoms with Crippen molar-refractivity contribution < 1.29 is 4.79 Å². The number of amidine groups is 1. The van der Waals surface area contributed by atoms with Gasteiger partial charge in [-0.3, -0.25) is 0 Å². The van der Waals surface area contributed by atoms with E-state index in [4.69, 9.17) is 5.73 Å². The van der Waals surface area contributed by atoms with Crippen LogP contribution in [-0.4, -0.2) is 23.4 Å². The second-order valence-corrected chi connectivity index (χ2v) is 8.69. The van der Waals surface area contributed by atoms with Crippen molar-refractivity contribution in [3.05, 3.63) is 95.6 Å². The molecule has 31 heavy (non-hydrogen) atoms. The summed E-state index contributed by atoms with van der Waals surface area (Å²) in [5.74, 6) is 0.842. The molecule has 0 heterocycles. The largest absolute Gasteiger partial charge is 0.377 e. The van der Waals surface area contributed by atoms with Crippen LogP contribution in [0.25, 0.3) is 11.1 Å². The van der Waals surface area contributed by atoms with Crippen LogP contribution < -0.4 is 5.73 Å². The number of aldehydes is 1. The molecular weight excluding hydrogens is 402 g/mol. The van der Waals surface area contributed by atoms with Crippen molar-refractivity contribution in [2.75, 3.05) is 5.75 Å². The van der Waals surface area contributed by atoms with Crippen LogP contribution in [-0.2, 0) is 10.2 Å². The summed E-state index contributed by atoms with van der Waals surface area (Å²) in [4.78, 5) is 12.4. The van der Waals surface area contributed by atoms with Crippen molar-refractivity contribution in [1.82, 2.24) is 0 Å². The zero-order chi connectivity index (χ0) is 21.5. The van der Waals surface area contributed by atoms with Crippen LogP contribution in [0.1, 0.15) is 36.0 Å². The fourth-order valence-electron chi connectivity index (χ4n) is 4.22. The Morgan fingerprint density at radius 2 is 1.48 bits per heavy atom. The highest BCUT2D eigenvalue weighted by atomic mass is 32.2. The van der Waals surface area contributed by atoms with Gasteiger partial charge in [0.05, 0.1) is 11.6 Å². The average Bonchev–Trinajstić information content (AvgIpc) is 3.10. The molecule has 0 atom stereocenters. The fraction of sp³-hybridized carbons (Fsp3) is 0.192. The highest BCUT2D eigenvalue weighted by Crippen LogP contribution is 2.50. The molecule has 0 saturated carbocycles. The van der Waals surface area contributed by atoms with Crippen LogP contribution in [0.15, 0.2) is 89.1 Å². The summed E-state index contributed by atoms with van der Waals surface area (Å²) in [5, 5.41) is 8.56. The van der Waals surface area contributed by atoms with Gasteiger partial charge in [-0.2, -0.15) is 5.10 Å². The van der Waals surface area contributed by atoms with Gasteiger partial charge in [-0.15, -0.1) is 5.10 Å². The van der Waals surface area contributed by atoms with Crippen molar-refractivity contribution in [1.29, 1.82) is 0 Å². The first-order chi connectivity index (χ1) is 15.2.